The third kappa shape index (κ3) is 4.45. The number of benzene rings is 1. The van der Waals surface area contributed by atoms with Gasteiger partial charge in [-0.3, -0.25) is 0 Å². The number of aliphatic hydroxyl groups excluding tert-OH is 1. The molecule has 0 saturated carbocycles. The van der Waals surface area contributed by atoms with Crippen LogP contribution in [-0.4, -0.2) is 23.9 Å². The van der Waals surface area contributed by atoms with Crippen LogP contribution in [0.3, 0.4) is 0 Å². The summed E-state index contributed by atoms with van der Waals surface area (Å²) in [5.74, 6) is -0.376. The normalized spacial score (nSPS) is 12.0. The molecule has 1 heterocycles. The number of carbonyl (C=O) groups is 1. The van der Waals surface area contributed by atoms with Gasteiger partial charge in [-0.2, -0.15) is 11.3 Å². The Morgan fingerprint density at radius 3 is 2.90 bits per heavy atom. The zero-order valence-electron chi connectivity index (χ0n) is 11.3. The molecule has 21 heavy (non-hydrogen) atoms. The van der Waals surface area contributed by atoms with E-state index >= 15 is 0 Å². The summed E-state index contributed by atoms with van der Waals surface area (Å²) < 4.78 is 13.6. The van der Waals surface area contributed by atoms with Crippen molar-refractivity contribution in [3.63, 3.8) is 0 Å². The number of thioether (sulfide) groups is 1. The second-order valence-corrected chi connectivity index (χ2v) is 5.88. The highest BCUT2D eigenvalue weighted by molar-refractivity contribution is 7.98. The molecule has 0 saturated heterocycles. The quantitative estimate of drug-likeness (QED) is 0.737. The van der Waals surface area contributed by atoms with Gasteiger partial charge in [-0.15, -0.1) is 11.8 Å². The number of halogens is 1. The van der Waals surface area contributed by atoms with Crippen LogP contribution >= 0.6 is 23.1 Å². The van der Waals surface area contributed by atoms with Crippen LogP contribution in [0.25, 0.3) is 0 Å². The fourth-order valence-corrected chi connectivity index (χ4v) is 2.86. The number of urea groups is 1. The van der Waals surface area contributed by atoms with E-state index < -0.39 is 12.1 Å². The molecule has 7 heteroatoms. The lowest BCUT2D eigenvalue weighted by Crippen LogP contribution is -2.32. The number of aliphatic hydroxyl groups is 1. The van der Waals surface area contributed by atoms with E-state index in [9.17, 15) is 14.3 Å². The molecule has 1 aromatic heterocycles. The largest absolute Gasteiger partial charge is 0.387 e. The average molecular weight is 326 g/mol. The standard InChI is InChI=1S/C14H15FN2O2S2/c1-20-13-3-2-10(6-11(13)15)17-14(19)16-7-12(18)9-4-5-21-8-9/h2-6,8,12,18H,7H2,1H3,(H2,16,17,19)/t12-/m0/s1. The van der Waals surface area contributed by atoms with Gasteiger partial charge in [-0.25, -0.2) is 9.18 Å². The summed E-state index contributed by atoms with van der Waals surface area (Å²) in [6.07, 6.45) is 1.03. The molecule has 0 fully saturated rings. The van der Waals surface area contributed by atoms with Gasteiger partial charge in [0.25, 0.3) is 0 Å². The van der Waals surface area contributed by atoms with Crippen LogP contribution in [0.5, 0.6) is 0 Å². The maximum atomic E-state index is 13.6. The predicted molar refractivity (Wildman–Crippen MR) is 84.5 cm³/mol. The van der Waals surface area contributed by atoms with E-state index in [0.717, 1.165) is 5.56 Å². The molecular weight excluding hydrogens is 311 g/mol. The molecule has 0 aliphatic rings. The van der Waals surface area contributed by atoms with Crippen molar-refractivity contribution in [1.82, 2.24) is 5.32 Å². The third-order valence-electron chi connectivity index (χ3n) is 2.79. The minimum atomic E-state index is -0.752. The summed E-state index contributed by atoms with van der Waals surface area (Å²) in [7, 11) is 0. The van der Waals surface area contributed by atoms with Crippen LogP contribution < -0.4 is 10.6 Å². The van der Waals surface area contributed by atoms with Crippen LogP contribution in [0.4, 0.5) is 14.9 Å². The van der Waals surface area contributed by atoms with Crippen molar-refractivity contribution in [3.8, 4) is 0 Å². The number of hydrogen-bond donors (Lipinski definition) is 3. The first-order valence-corrected chi connectivity index (χ1v) is 8.35. The Balaban J connectivity index is 1.86. The lowest BCUT2D eigenvalue weighted by molar-refractivity contribution is 0.175. The Labute approximate surface area is 130 Å². The van der Waals surface area contributed by atoms with E-state index in [1.165, 1.54) is 29.2 Å². The molecule has 0 spiro atoms. The zero-order chi connectivity index (χ0) is 15.2. The smallest absolute Gasteiger partial charge is 0.319 e. The summed E-state index contributed by atoms with van der Waals surface area (Å²) in [5, 5.41) is 18.6. The zero-order valence-corrected chi connectivity index (χ0v) is 12.9. The number of carbonyl (C=O) groups excluding carboxylic acids is 1. The van der Waals surface area contributed by atoms with E-state index in [4.69, 9.17) is 0 Å². The molecule has 0 radical (unpaired) electrons. The summed E-state index contributed by atoms with van der Waals surface area (Å²) >= 11 is 2.78. The van der Waals surface area contributed by atoms with Gasteiger partial charge < -0.3 is 15.7 Å². The molecule has 2 amide bonds. The molecule has 112 valence electrons. The van der Waals surface area contributed by atoms with Crippen LogP contribution in [-0.2, 0) is 0 Å². The molecule has 1 aromatic carbocycles. The highest BCUT2D eigenvalue weighted by Crippen LogP contribution is 2.22. The third-order valence-corrected chi connectivity index (χ3v) is 4.27. The number of thiophene rings is 1. The van der Waals surface area contributed by atoms with E-state index in [1.54, 1.807) is 24.5 Å². The minimum absolute atomic E-state index is 0.0912. The summed E-state index contributed by atoms with van der Waals surface area (Å²) in [6, 6.07) is 5.81. The van der Waals surface area contributed by atoms with Gasteiger partial charge >= 0.3 is 6.03 Å². The molecule has 0 aliphatic carbocycles. The van der Waals surface area contributed by atoms with Crippen LogP contribution in [0.15, 0.2) is 39.9 Å². The van der Waals surface area contributed by atoms with Gasteiger partial charge in [-0.1, -0.05) is 0 Å². The number of anilines is 1. The van der Waals surface area contributed by atoms with Gasteiger partial charge in [0.15, 0.2) is 0 Å². The number of nitrogens with one attached hydrogen (secondary N) is 2. The van der Waals surface area contributed by atoms with Crippen LogP contribution in [0.2, 0.25) is 0 Å². The van der Waals surface area contributed by atoms with Gasteiger partial charge in [0.2, 0.25) is 0 Å². The van der Waals surface area contributed by atoms with Gasteiger partial charge in [0.05, 0.1) is 6.10 Å². The topological polar surface area (TPSA) is 61.4 Å². The molecular formula is C14H15FN2O2S2. The lowest BCUT2D eigenvalue weighted by Gasteiger charge is -2.12. The minimum Gasteiger partial charge on any atom is -0.387 e. The van der Waals surface area contributed by atoms with E-state index in [0.29, 0.717) is 10.6 Å². The molecule has 3 N–H and O–H groups in total. The van der Waals surface area contributed by atoms with Gasteiger partial charge in [0.1, 0.15) is 5.82 Å². The molecule has 0 aliphatic heterocycles. The second-order valence-electron chi connectivity index (χ2n) is 4.26. The Morgan fingerprint density at radius 2 is 2.29 bits per heavy atom. The summed E-state index contributed by atoms with van der Waals surface area (Å²) in [6.45, 7) is 0.0912. The van der Waals surface area contributed by atoms with Crippen molar-refractivity contribution >= 4 is 34.8 Å². The van der Waals surface area contributed by atoms with Gasteiger partial charge in [0, 0.05) is 17.1 Å². The van der Waals surface area contributed by atoms with Crippen molar-refractivity contribution in [2.75, 3.05) is 18.1 Å². The second kappa shape index (κ2) is 7.44. The molecule has 0 bridgehead atoms. The van der Waals surface area contributed by atoms with Gasteiger partial charge in [-0.05, 0) is 46.8 Å². The van der Waals surface area contributed by atoms with E-state index in [2.05, 4.69) is 10.6 Å². The summed E-state index contributed by atoms with van der Waals surface area (Å²) in [4.78, 5) is 12.2. The Morgan fingerprint density at radius 1 is 1.48 bits per heavy atom. The molecule has 4 nitrogen and oxygen atoms in total. The van der Waals surface area contributed by atoms with Crippen molar-refractivity contribution in [3.05, 3.63) is 46.4 Å². The average Bonchev–Trinajstić information content (AvgIpc) is 2.99. The van der Waals surface area contributed by atoms with E-state index in [-0.39, 0.29) is 12.4 Å². The highest BCUT2D eigenvalue weighted by Gasteiger charge is 2.10. The van der Waals surface area contributed by atoms with Crippen molar-refractivity contribution < 1.29 is 14.3 Å². The Bertz CT molecular complexity index is 605. The maximum absolute atomic E-state index is 13.6. The Hall–Kier alpha value is -1.57. The van der Waals surface area contributed by atoms with Crippen molar-refractivity contribution in [1.29, 1.82) is 0 Å². The number of amides is 2. The van der Waals surface area contributed by atoms with Crippen LogP contribution in [0.1, 0.15) is 11.7 Å². The first-order valence-electron chi connectivity index (χ1n) is 6.18. The molecule has 0 unspecified atom stereocenters. The molecule has 2 rings (SSSR count). The number of rotatable bonds is 5. The first-order chi connectivity index (χ1) is 10.1. The highest BCUT2D eigenvalue weighted by atomic mass is 32.2. The SMILES string of the molecule is CSc1ccc(NC(=O)NC[C@H](O)c2ccsc2)cc1F. The summed E-state index contributed by atoms with van der Waals surface area (Å²) in [5.41, 5.74) is 1.13. The predicted octanol–water partition coefficient (Wildman–Crippen LogP) is 3.46. The van der Waals surface area contributed by atoms with Crippen LogP contribution in [0, 0.1) is 5.82 Å². The monoisotopic (exact) mass is 326 g/mol. The fourth-order valence-electron chi connectivity index (χ4n) is 1.69. The van der Waals surface area contributed by atoms with Crippen molar-refractivity contribution in [2.24, 2.45) is 0 Å². The first kappa shape index (κ1) is 15.8. The Kier molecular flexibility index (Phi) is 5.60. The lowest BCUT2D eigenvalue weighted by atomic mass is 10.2. The number of hydrogen-bond acceptors (Lipinski definition) is 4. The fraction of sp³-hybridized carbons (Fsp3) is 0.214. The maximum Gasteiger partial charge on any atom is 0.319 e. The molecule has 1 atom stereocenters. The molecule has 2 aromatic rings. The van der Waals surface area contributed by atoms with E-state index in [1.807, 2.05) is 10.8 Å². The van der Waals surface area contributed by atoms with Crippen molar-refractivity contribution in [2.45, 2.75) is 11.0 Å².